The maximum absolute atomic E-state index is 1.61. The van der Waals surface area contributed by atoms with E-state index >= 15 is 0 Å². The summed E-state index contributed by atoms with van der Waals surface area (Å²) in [6.07, 6.45) is 7.95. The van der Waals surface area contributed by atoms with Crippen LogP contribution in [-0.4, -0.2) is 0 Å². The highest BCUT2D eigenvalue weighted by Gasteiger charge is 2.52. The minimum absolute atomic E-state index is 1.21. The molecule has 9 heavy (non-hydrogen) atoms. The number of hydrogen-bond acceptors (Lipinski definition) is 0. The van der Waals surface area contributed by atoms with Crippen LogP contribution >= 0.6 is 0 Å². The maximum atomic E-state index is 1.61. The number of rotatable bonds is 1. The topological polar surface area (TPSA) is 0 Å². The Morgan fingerprint density at radius 1 is 0.667 bits per heavy atom. The molecule has 0 heterocycles. The summed E-state index contributed by atoms with van der Waals surface area (Å²) in [7, 11) is 0. The minimum Gasteiger partial charge on any atom is -0.0499 e. The number of fused-ring (bicyclic) bond motifs is 1. The molecule has 0 spiro atoms. The second-order valence-corrected chi connectivity index (χ2v) is 4.24. The van der Waals surface area contributed by atoms with E-state index in [-0.39, 0.29) is 0 Å². The molecule has 0 heteroatoms. The summed E-state index contributed by atoms with van der Waals surface area (Å²) in [5.74, 6) is 4.88. The summed E-state index contributed by atoms with van der Waals surface area (Å²) < 4.78 is 0. The monoisotopic (exact) mass is 122 g/mol. The third-order valence-corrected chi connectivity index (χ3v) is 3.63. The van der Waals surface area contributed by atoms with Crippen molar-refractivity contribution in [2.75, 3.05) is 0 Å². The van der Waals surface area contributed by atoms with E-state index in [0.717, 1.165) is 0 Å². The van der Waals surface area contributed by atoms with Crippen molar-refractivity contribution < 1.29 is 0 Å². The lowest BCUT2D eigenvalue weighted by Crippen LogP contribution is -1.99. The van der Waals surface area contributed by atoms with Crippen LogP contribution in [0, 0.1) is 23.7 Å². The lowest BCUT2D eigenvalue weighted by atomic mass is 9.98. The highest BCUT2D eigenvalue weighted by molar-refractivity contribution is 5.02. The summed E-state index contributed by atoms with van der Waals surface area (Å²) >= 11 is 0. The molecule has 3 aliphatic rings. The van der Waals surface area contributed by atoms with Crippen LogP contribution < -0.4 is 0 Å². The van der Waals surface area contributed by atoms with Crippen LogP contribution in [0.15, 0.2) is 0 Å². The van der Waals surface area contributed by atoms with Gasteiger partial charge in [-0.05, 0) is 55.8 Å². The molecule has 3 fully saturated rings. The van der Waals surface area contributed by atoms with Gasteiger partial charge in [0.05, 0.1) is 0 Å². The second-order valence-electron chi connectivity index (χ2n) is 4.24. The molecule has 0 radical (unpaired) electrons. The van der Waals surface area contributed by atoms with Gasteiger partial charge in [-0.2, -0.15) is 0 Å². The summed E-state index contributed by atoms with van der Waals surface area (Å²) in [6.45, 7) is 0. The average Bonchev–Trinajstić information content (AvgIpc) is 2.74. The zero-order chi connectivity index (χ0) is 5.84. The lowest BCUT2D eigenvalue weighted by Gasteiger charge is -2.07. The van der Waals surface area contributed by atoms with Crippen LogP contribution in [0.1, 0.15) is 32.1 Å². The van der Waals surface area contributed by atoms with Gasteiger partial charge in [-0.1, -0.05) is 0 Å². The maximum Gasteiger partial charge on any atom is -0.0352 e. The third kappa shape index (κ3) is 0.595. The zero-order valence-electron chi connectivity index (χ0n) is 5.84. The molecule has 3 rings (SSSR count). The first kappa shape index (κ1) is 4.76. The first-order valence-corrected chi connectivity index (χ1v) is 4.45. The van der Waals surface area contributed by atoms with E-state index in [1.54, 1.807) is 32.1 Å². The van der Waals surface area contributed by atoms with Gasteiger partial charge < -0.3 is 0 Å². The van der Waals surface area contributed by atoms with E-state index in [0.29, 0.717) is 0 Å². The smallest absolute Gasteiger partial charge is 0.0352 e. The van der Waals surface area contributed by atoms with Crippen molar-refractivity contribution in [3.8, 4) is 0 Å². The quantitative estimate of drug-likeness (QED) is 0.501. The van der Waals surface area contributed by atoms with Gasteiger partial charge in [0.1, 0.15) is 0 Å². The van der Waals surface area contributed by atoms with Crippen LogP contribution in [0.4, 0.5) is 0 Å². The molecule has 0 nitrogen and oxygen atoms in total. The van der Waals surface area contributed by atoms with Crippen LogP contribution in [0.3, 0.4) is 0 Å². The van der Waals surface area contributed by atoms with Crippen LogP contribution in [0.5, 0.6) is 0 Å². The Morgan fingerprint density at radius 3 is 1.89 bits per heavy atom. The van der Waals surface area contributed by atoms with Crippen LogP contribution in [0.2, 0.25) is 0 Å². The molecule has 0 saturated heterocycles. The van der Waals surface area contributed by atoms with Gasteiger partial charge in [-0.25, -0.2) is 0 Å². The predicted molar refractivity (Wildman–Crippen MR) is 37.0 cm³/mol. The highest BCUT2D eigenvalue weighted by Crippen LogP contribution is 2.61. The summed E-state index contributed by atoms with van der Waals surface area (Å²) in [5.41, 5.74) is 0. The van der Waals surface area contributed by atoms with Crippen molar-refractivity contribution in [1.29, 1.82) is 0 Å². The minimum atomic E-state index is 1.21. The predicted octanol–water partition coefficient (Wildman–Crippen LogP) is 2.44. The van der Waals surface area contributed by atoms with Crippen molar-refractivity contribution in [1.82, 2.24) is 0 Å². The van der Waals surface area contributed by atoms with Crippen molar-refractivity contribution in [2.24, 2.45) is 23.7 Å². The van der Waals surface area contributed by atoms with Gasteiger partial charge in [0.25, 0.3) is 0 Å². The molecule has 3 saturated carbocycles. The molecule has 0 bridgehead atoms. The normalized spacial score (nSPS) is 55.3. The van der Waals surface area contributed by atoms with Crippen LogP contribution in [-0.2, 0) is 0 Å². The van der Waals surface area contributed by atoms with Gasteiger partial charge in [-0.3, -0.25) is 0 Å². The molecule has 50 valence electrons. The van der Waals surface area contributed by atoms with Gasteiger partial charge in [-0.15, -0.1) is 0 Å². The molecule has 3 unspecified atom stereocenters. The third-order valence-electron chi connectivity index (χ3n) is 3.63. The summed E-state index contributed by atoms with van der Waals surface area (Å²) in [4.78, 5) is 0. The number of hydrogen-bond donors (Lipinski definition) is 0. The standard InChI is InChI=1S/C9H14/c1-2-6(1)8-4-3-7-5-9(7)8/h6-9H,1-5H2. The Bertz CT molecular complexity index is 135. The van der Waals surface area contributed by atoms with Gasteiger partial charge in [0.2, 0.25) is 0 Å². The van der Waals surface area contributed by atoms with Crippen molar-refractivity contribution in [3.05, 3.63) is 0 Å². The van der Waals surface area contributed by atoms with Crippen molar-refractivity contribution in [2.45, 2.75) is 32.1 Å². The van der Waals surface area contributed by atoms with E-state index in [4.69, 9.17) is 0 Å². The fraction of sp³-hybridized carbons (Fsp3) is 1.00. The Hall–Kier alpha value is 0. The second kappa shape index (κ2) is 1.36. The first-order chi connectivity index (χ1) is 4.45. The molecule has 0 aromatic carbocycles. The highest BCUT2D eigenvalue weighted by atomic mass is 14.6. The fourth-order valence-corrected chi connectivity index (χ4v) is 2.86. The molecule has 0 amide bonds. The van der Waals surface area contributed by atoms with E-state index in [2.05, 4.69) is 0 Å². The largest absolute Gasteiger partial charge is 0.0499 e. The van der Waals surface area contributed by atoms with Gasteiger partial charge in [0, 0.05) is 0 Å². The summed E-state index contributed by atoms with van der Waals surface area (Å²) in [6, 6.07) is 0. The van der Waals surface area contributed by atoms with Gasteiger partial charge in [0.15, 0.2) is 0 Å². The average molecular weight is 122 g/mol. The van der Waals surface area contributed by atoms with Crippen molar-refractivity contribution >= 4 is 0 Å². The van der Waals surface area contributed by atoms with E-state index < -0.39 is 0 Å². The van der Waals surface area contributed by atoms with Crippen LogP contribution in [0.25, 0.3) is 0 Å². The molecular formula is C9H14. The zero-order valence-corrected chi connectivity index (χ0v) is 5.84. The van der Waals surface area contributed by atoms with Gasteiger partial charge >= 0.3 is 0 Å². The molecule has 3 atom stereocenters. The Labute approximate surface area is 56.6 Å². The van der Waals surface area contributed by atoms with E-state index in [9.17, 15) is 0 Å². The van der Waals surface area contributed by atoms with E-state index in [1.165, 1.54) is 23.7 Å². The van der Waals surface area contributed by atoms with E-state index in [1.807, 2.05) is 0 Å². The van der Waals surface area contributed by atoms with Crippen molar-refractivity contribution in [3.63, 3.8) is 0 Å². The molecule has 0 aliphatic heterocycles. The Balaban J connectivity index is 1.76. The summed E-state index contributed by atoms with van der Waals surface area (Å²) in [5, 5.41) is 0. The molecular weight excluding hydrogens is 108 g/mol. The SMILES string of the molecule is C1CC1C1CCC2CC21. The lowest BCUT2D eigenvalue weighted by molar-refractivity contribution is 0.422. The Morgan fingerprint density at radius 2 is 1.44 bits per heavy atom. The molecule has 0 aromatic heterocycles. The first-order valence-electron chi connectivity index (χ1n) is 4.45. The molecule has 0 N–H and O–H groups in total. The fourth-order valence-electron chi connectivity index (χ4n) is 2.86. The molecule has 3 aliphatic carbocycles. The molecule has 0 aromatic rings. The Kier molecular flexibility index (Phi) is 0.717.